The number of nitrogens with one attached hydrogen (secondary N) is 1. The summed E-state index contributed by atoms with van der Waals surface area (Å²) in [5.41, 5.74) is 6.94. The molecule has 1 N–H and O–H groups in total. The lowest BCUT2D eigenvalue weighted by molar-refractivity contribution is -0.128. The maximum atomic E-state index is 13.4. The van der Waals surface area contributed by atoms with Crippen molar-refractivity contribution >= 4 is 22.9 Å². The minimum absolute atomic E-state index is 0.0277. The van der Waals surface area contributed by atoms with Crippen LogP contribution >= 0.6 is 0 Å². The van der Waals surface area contributed by atoms with Crippen molar-refractivity contribution in [2.45, 2.75) is 18.9 Å². The molecule has 4 heteroatoms. The van der Waals surface area contributed by atoms with Crippen LogP contribution in [-0.2, 0) is 17.6 Å². The van der Waals surface area contributed by atoms with Gasteiger partial charge in [0.2, 0.25) is 5.91 Å². The minimum atomic E-state index is -0.148. The van der Waals surface area contributed by atoms with E-state index in [1.807, 2.05) is 41.3 Å². The number of carbonyl (C=O) groups excluding carboxylic acids is 1. The molecule has 0 unspecified atom stereocenters. The third-order valence-electron chi connectivity index (χ3n) is 6.56. The van der Waals surface area contributed by atoms with Gasteiger partial charge in [-0.1, -0.05) is 54.6 Å². The number of H-pyrrole nitrogens is 1. The molecule has 0 spiro atoms. The van der Waals surface area contributed by atoms with Crippen LogP contribution in [0.15, 0.2) is 78.9 Å². The lowest BCUT2D eigenvalue weighted by Crippen LogP contribution is -2.39. The molecule has 3 heterocycles. The summed E-state index contributed by atoms with van der Waals surface area (Å²) >= 11 is 0. The van der Waals surface area contributed by atoms with E-state index in [9.17, 15) is 4.79 Å². The van der Waals surface area contributed by atoms with Gasteiger partial charge in [-0.3, -0.25) is 4.79 Å². The number of nitrogens with zero attached hydrogens (tertiary/aromatic N) is 1. The molecule has 4 aromatic rings. The second-order valence-corrected chi connectivity index (χ2v) is 8.46. The van der Waals surface area contributed by atoms with Crippen LogP contribution in [0.4, 0.5) is 0 Å². The summed E-state index contributed by atoms with van der Waals surface area (Å²) in [6.07, 6.45) is 5.36. The van der Waals surface area contributed by atoms with Gasteiger partial charge in [0.15, 0.2) is 0 Å². The van der Waals surface area contributed by atoms with Crippen LogP contribution in [0.25, 0.3) is 17.0 Å². The van der Waals surface area contributed by atoms with Crippen LogP contribution in [0.5, 0.6) is 5.75 Å². The zero-order valence-corrected chi connectivity index (χ0v) is 17.8. The van der Waals surface area contributed by atoms with Gasteiger partial charge in [-0.2, -0.15) is 0 Å². The predicted octanol–water partition coefficient (Wildman–Crippen LogP) is 5.29. The van der Waals surface area contributed by atoms with Crippen LogP contribution in [0, 0.1) is 0 Å². The van der Waals surface area contributed by atoms with Crippen molar-refractivity contribution in [3.8, 4) is 5.75 Å². The second-order valence-electron chi connectivity index (χ2n) is 8.46. The number of fused-ring (bicyclic) bond motifs is 4. The zero-order chi connectivity index (χ0) is 21.5. The molecule has 32 heavy (non-hydrogen) atoms. The van der Waals surface area contributed by atoms with Crippen LogP contribution < -0.4 is 4.74 Å². The van der Waals surface area contributed by atoms with Gasteiger partial charge in [0.25, 0.3) is 0 Å². The average molecular weight is 421 g/mol. The van der Waals surface area contributed by atoms with Crippen molar-refractivity contribution in [1.82, 2.24) is 9.88 Å². The highest BCUT2D eigenvalue weighted by molar-refractivity contribution is 5.93. The first-order valence-corrected chi connectivity index (χ1v) is 11.2. The van der Waals surface area contributed by atoms with E-state index >= 15 is 0 Å². The summed E-state index contributed by atoms with van der Waals surface area (Å²) in [6.45, 7) is 1.41. The molecule has 0 radical (unpaired) electrons. The largest absolute Gasteiger partial charge is 0.493 e. The number of hydrogen-bond donors (Lipinski definition) is 1. The first kappa shape index (κ1) is 18.9. The van der Waals surface area contributed by atoms with E-state index < -0.39 is 0 Å². The monoisotopic (exact) mass is 420 g/mol. The molecule has 6 rings (SSSR count). The number of rotatable bonds is 3. The van der Waals surface area contributed by atoms with Crippen molar-refractivity contribution in [1.29, 1.82) is 0 Å². The van der Waals surface area contributed by atoms with Gasteiger partial charge >= 0.3 is 0 Å². The van der Waals surface area contributed by atoms with Crippen LogP contribution in [0.2, 0.25) is 0 Å². The first-order chi connectivity index (χ1) is 15.8. The Hall–Kier alpha value is -3.79. The number of ether oxygens (including phenoxy) is 1. The Morgan fingerprint density at radius 1 is 1.00 bits per heavy atom. The van der Waals surface area contributed by atoms with Crippen LogP contribution in [0.1, 0.15) is 34.0 Å². The number of carbonyl (C=O) groups is 1. The molecular weight excluding hydrogens is 396 g/mol. The molecule has 1 atom stereocenters. The Labute approximate surface area is 187 Å². The van der Waals surface area contributed by atoms with Crippen molar-refractivity contribution < 1.29 is 9.53 Å². The number of benzene rings is 3. The van der Waals surface area contributed by atoms with E-state index in [2.05, 4.69) is 47.4 Å². The summed E-state index contributed by atoms with van der Waals surface area (Å²) in [7, 11) is 0. The molecule has 1 aromatic heterocycles. The van der Waals surface area contributed by atoms with Crippen molar-refractivity contribution in [2.75, 3.05) is 13.2 Å². The van der Waals surface area contributed by atoms with Gasteiger partial charge in [-0.15, -0.1) is 0 Å². The molecule has 3 aromatic carbocycles. The van der Waals surface area contributed by atoms with Crippen LogP contribution in [-0.4, -0.2) is 28.9 Å². The SMILES string of the molecule is O=C(C=Cc1ccccc1)N1CCc2c([nH]c3ccccc23)[C@H]1c1ccc2c(c1)CCO2. The van der Waals surface area contributed by atoms with E-state index in [-0.39, 0.29) is 11.9 Å². The maximum absolute atomic E-state index is 13.4. The quantitative estimate of drug-likeness (QED) is 0.458. The lowest BCUT2D eigenvalue weighted by atomic mass is 9.91. The fourth-order valence-electron chi connectivity index (χ4n) is 5.03. The number of amides is 1. The van der Waals surface area contributed by atoms with Gasteiger partial charge in [-0.05, 0) is 52.9 Å². The molecule has 0 aliphatic carbocycles. The summed E-state index contributed by atoms with van der Waals surface area (Å²) in [5, 5.41) is 1.25. The van der Waals surface area contributed by atoms with E-state index in [0.717, 1.165) is 47.5 Å². The Bertz CT molecular complexity index is 1340. The van der Waals surface area contributed by atoms with E-state index in [1.165, 1.54) is 16.5 Å². The third kappa shape index (κ3) is 3.19. The number of hydrogen-bond acceptors (Lipinski definition) is 2. The predicted molar refractivity (Wildman–Crippen MR) is 127 cm³/mol. The lowest BCUT2D eigenvalue weighted by Gasteiger charge is -2.36. The maximum Gasteiger partial charge on any atom is 0.247 e. The van der Waals surface area contributed by atoms with Gasteiger partial charge < -0.3 is 14.6 Å². The Balaban J connectivity index is 1.44. The normalized spacial score (nSPS) is 17.4. The summed E-state index contributed by atoms with van der Waals surface area (Å²) in [6, 6.07) is 24.6. The van der Waals surface area contributed by atoms with Crippen molar-refractivity contribution in [3.05, 3.63) is 107 Å². The number of aromatic amines is 1. The molecule has 4 nitrogen and oxygen atoms in total. The third-order valence-corrected chi connectivity index (χ3v) is 6.56. The number of aromatic nitrogens is 1. The summed E-state index contributed by atoms with van der Waals surface area (Å²) in [4.78, 5) is 19.1. The molecular formula is C28H24N2O2. The van der Waals surface area contributed by atoms with Gasteiger partial charge in [0.05, 0.1) is 12.6 Å². The molecule has 1 amide bonds. The Kier molecular flexibility index (Phi) is 4.57. The van der Waals surface area contributed by atoms with E-state index in [1.54, 1.807) is 6.08 Å². The van der Waals surface area contributed by atoms with E-state index in [4.69, 9.17) is 4.74 Å². The standard InChI is InChI=1S/C28H24N2O2/c31-26(13-10-19-6-2-1-3-7-19)30-16-14-23-22-8-4-5-9-24(22)29-27(23)28(30)21-11-12-25-20(18-21)15-17-32-25/h1-13,18,28-29H,14-17H2/t28-/m1/s1. The molecule has 2 aliphatic heterocycles. The molecule has 0 bridgehead atoms. The van der Waals surface area contributed by atoms with Gasteiger partial charge in [0, 0.05) is 35.6 Å². The van der Waals surface area contributed by atoms with E-state index in [0.29, 0.717) is 6.54 Å². The van der Waals surface area contributed by atoms with Gasteiger partial charge in [-0.25, -0.2) is 0 Å². The van der Waals surface area contributed by atoms with Crippen LogP contribution in [0.3, 0.4) is 0 Å². The summed E-state index contributed by atoms with van der Waals surface area (Å²) < 4.78 is 5.72. The van der Waals surface area contributed by atoms with Crippen molar-refractivity contribution in [2.24, 2.45) is 0 Å². The smallest absolute Gasteiger partial charge is 0.247 e. The molecule has 158 valence electrons. The molecule has 2 aliphatic rings. The fraction of sp³-hybridized carbons (Fsp3) is 0.179. The van der Waals surface area contributed by atoms with Crippen molar-refractivity contribution in [3.63, 3.8) is 0 Å². The Morgan fingerprint density at radius 2 is 1.84 bits per heavy atom. The highest BCUT2D eigenvalue weighted by atomic mass is 16.5. The molecule has 0 saturated heterocycles. The minimum Gasteiger partial charge on any atom is -0.493 e. The van der Waals surface area contributed by atoms with Gasteiger partial charge in [0.1, 0.15) is 5.75 Å². The fourth-order valence-corrected chi connectivity index (χ4v) is 5.03. The average Bonchev–Trinajstić information content (AvgIpc) is 3.46. The highest BCUT2D eigenvalue weighted by Gasteiger charge is 2.34. The molecule has 0 saturated carbocycles. The highest BCUT2D eigenvalue weighted by Crippen LogP contribution is 2.40. The zero-order valence-electron chi connectivity index (χ0n) is 17.8. The summed E-state index contributed by atoms with van der Waals surface area (Å²) in [5.74, 6) is 0.989. The first-order valence-electron chi connectivity index (χ1n) is 11.2. The topological polar surface area (TPSA) is 45.3 Å². The Morgan fingerprint density at radius 3 is 2.75 bits per heavy atom. The number of para-hydroxylation sites is 1. The second kappa shape index (κ2) is 7.72. The molecule has 0 fully saturated rings.